The zero-order chi connectivity index (χ0) is 13.9. The molecule has 1 amide bonds. The Morgan fingerprint density at radius 2 is 2.16 bits per heavy atom. The maximum absolute atomic E-state index is 12.0. The molecule has 19 heavy (non-hydrogen) atoms. The van der Waals surface area contributed by atoms with E-state index in [1.807, 2.05) is 0 Å². The van der Waals surface area contributed by atoms with E-state index < -0.39 is 16.1 Å². The zero-order valence-electron chi connectivity index (χ0n) is 10.1. The summed E-state index contributed by atoms with van der Waals surface area (Å²) in [7, 11) is -3.88. The molecule has 104 valence electrons. The third kappa shape index (κ3) is 3.51. The lowest BCUT2D eigenvalue weighted by atomic mass is 10.2. The van der Waals surface area contributed by atoms with Crippen molar-refractivity contribution in [1.29, 1.82) is 0 Å². The van der Waals surface area contributed by atoms with Crippen molar-refractivity contribution in [1.82, 2.24) is 5.32 Å². The molecule has 1 atom stereocenters. The molecule has 1 aromatic carbocycles. The minimum absolute atomic E-state index is 0.111. The van der Waals surface area contributed by atoms with Crippen LogP contribution in [0.15, 0.2) is 29.2 Å². The van der Waals surface area contributed by atoms with Gasteiger partial charge in [-0.15, -0.1) is 0 Å². The minimum atomic E-state index is -3.88. The van der Waals surface area contributed by atoms with Gasteiger partial charge in [0.2, 0.25) is 15.9 Å². The molecule has 7 nitrogen and oxygen atoms in total. The number of sulfonamides is 1. The van der Waals surface area contributed by atoms with Crippen LogP contribution in [-0.4, -0.2) is 40.1 Å². The number of carbonyl (C=O) groups excluding carboxylic acids is 1. The van der Waals surface area contributed by atoms with Gasteiger partial charge < -0.3 is 15.4 Å². The second kappa shape index (κ2) is 5.66. The van der Waals surface area contributed by atoms with E-state index >= 15 is 0 Å². The van der Waals surface area contributed by atoms with E-state index in [0.29, 0.717) is 13.2 Å². The molecule has 0 spiro atoms. The van der Waals surface area contributed by atoms with Crippen LogP contribution in [0.3, 0.4) is 0 Å². The van der Waals surface area contributed by atoms with Crippen LogP contribution < -0.4 is 15.8 Å². The van der Waals surface area contributed by atoms with Crippen molar-refractivity contribution in [2.24, 2.45) is 5.14 Å². The number of morpholine rings is 1. The summed E-state index contributed by atoms with van der Waals surface area (Å²) in [6.45, 7) is 1.38. The zero-order valence-corrected chi connectivity index (χ0v) is 10.9. The molecule has 1 saturated heterocycles. The summed E-state index contributed by atoms with van der Waals surface area (Å²) in [5.41, 5.74) is 0.169. The largest absolute Gasteiger partial charge is 0.378 e. The Balaban J connectivity index is 2.17. The quantitative estimate of drug-likeness (QED) is 0.677. The second-order valence-electron chi connectivity index (χ2n) is 4.11. The molecule has 2 rings (SSSR count). The van der Waals surface area contributed by atoms with Gasteiger partial charge in [-0.2, -0.15) is 0 Å². The van der Waals surface area contributed by atoms with Crippen molar-refractivity contribution in [3.05, 3.63) is 24.3 Å². The van der Waals surface area contributed by atoms with Crippen molar-refractivity contribution in [2.45, 2.75) is 10.9 Å². The highest BCUT2D eigenvalue weighted by molar-refractivity contribution is 7.89. The lowest BCUT2D eigenvalue weighted by molar-refractivity contribution is -0.120. The van der Waals surface area contributed by atoms with Gasteiger partial charge in [0.1, 0.15) is 10.9 Å². The van der Waals surface area contributed by atoms with Gasteiger partial charge in [0.25, 0.3) is 0 Å². The Bertz CT molecular complexity index is 567. The Labute approximate surface area is 111 Å². The predicted octanol–water partition coefficient (Wildman–Crippen LogP) is -0.739. The summed E-state index contributed by atoms with van der Waals surface area (Å²) in [6, 6.07) is 5.49. The first-order valence-corrected chi connectivity index (χ1v) is 7.27. The summed E-state index contributed by atoms with van der Waals surface area (Å²) in [5.74, 6) is -0.351. The molecule has 4 N–H and O–H groups in total. The highest BCUT2D eigenvalue weighted by Crippen LogP contribution is 2.19. The summed E-state index contributed by atoms with van der Waals surface area (Å²) in [6.07, 6.45) is 0. The maximum Gasteiger partial charge on any atom is 0.243 e. The molecular formula is C11H15N3O4S. The first-order valence-electron chi connectivity index (χ1n) is 5.72. The van der Waals surface area contributed by atoms with Gasteiger partial charge in [-0.05, 0) is 12.1 Å². The molecule has 0 aliphatic carbocycles. The fourth-order valence-corrected chi connectivity index (χ4v) is 2.47. The summed E-state index contributed by atoms with van der Waals surface area (Å²) < 4.78 is 28.0. The van der Waals surface area contributed by atoms with Crippen LogP contribution in [0.1, 0.15) is 0 Å². The first kappa shape index (κ1) is 13.9. The molecule has 8 heteroatoms. The lowest BCUT2D eigenvalue weighted by Crippen LogP contribution is -2.49. The Morgan fingerprint density at radius 3 is 2.79 bits per heavy atom. The molecule has 1 aliphatic rings. The van der Waals surface area contributed by atoms with Crippen LogP contribution >= 0.6 is 0 Å². The van der Waals surface area contributed by atoms with E-state index in [0.717, 1.165) is 0 Å². The third-order valence-electron chi connectivity index (χ3n) is 2.69. The first-order chi connectivity index (χ1) is 8.98. The standard InChI is InChI=1S/C11H15N3O4S/c12-19(16,17)10-4-2-1-3-8(10)14-11(15)9-7-18-6-5-13-9/h1-4,9,13H,5-7H2,(H,14,15)(H2,12,16,17). The van der Waals surface area contributed by atoms with E-state index in [-0.39, 0.29) is 23.1 Å². The monoisotopic (exact) mass is 285 g/mol. The summed E-state index contributed by atoms with van der Waals surface area (Å²) >= 11 is 0. The SMILES string of the molecule is NS(=O)(=O)c1ccccc1NC(=O)C1COCCN1. The number of hydrogen-bond donors (Lipinski definition) is 3. The van der Waals surface area contributed by atoms with Crippen LogP contribution in [0.5, 0.6) is 0 Å². The van der Waals surface area contributed by atoms with E-state index in [2.05, 4.69) is 10.6 Å². The third-order valence-corrected chi connectivity index (χ3v) is 3.66. The van der Waals surface area contributed by atoms with Gasteiger partial charge in [0, 0.05) is 6.54 Å². The molecule has 0 bridgehead atoms. The van der Waals surface area contributed by atoms with E-state index in [4.69, 9.17) is 9.88 Å². The normalized spacial score (nSPS) is 19.9. The van der Waals surface area contributed by atoms with E-state index in [9.17, 15) is 13.2 Å². The van der Waals surface area contributed by atoms with Crippen molar-refractivity contribution >= 4 is 21.6 Å². The highest BCUT2D eigenvalue weighted by atomic mass is 32.2. The van der Waals surface area contributed by atoms with Crippen molar-refractivity contribution < 1.29 is 17.9 Å². The average Bonchev–Trinajstić information content (AvgIpc) is 2.39. The van der Waals surface area contributed by atoms with Gasteiger partial charge in [0.05, 0.1) is 18.9 Å². The smallest absolute Gasteiger partial charge is 0.243 e. The van der Waals surface area contributed by atoms with Gasteiger partial charge in [-0.1, -0.05) is 12.1 Å². The fraction of sp³-hybridized carbons (Fsp3) is 0.364. The van der Waals surface area contributed by atoms with Crippen LogP contribution in [0, 0.1) is 0 Å². The molecule has 0 radical (unpaired) electrons. The molecular weight excluding hydrogens is 270 g/mol. The van der Waals surface area contributed by atoms with E-state index in [1.165, 1.54) is 18.2 Å². The number of carbonyl (C=O) groups is 1. The van der Waals surface area contributed by atoms with Gasteiger partial charge in [-0.3, -0.25) is 4.79 Å². The Morgan fingerprint density at radius 1 is 1.42 bits per heavy atom. The molecule has 1 heterocycles. The molecule has 1 fully saturated rings. The molecule has 1 unspecified atom stereocenters. The summed E-state index contributed by atoms with van der Waals surface area (Å²) in [5, 5.41) is 10.6. The van der Waals surface area contributed by atoms with Gasteiger partial charge in [0.15, 0.2) is 0 Å². The van der Waals surface area contributed by atoms with Crippen molar-refractivity contribution in [3.63, 3.8) is 0 Å². The summed E-state index contributed by atoms with van der Waals surface area (Å²) in [4.78, 5) is 11.8. The second-order valence-corrected chi connectivity index (χ2v) is 5.64. The topological polar surface area (TPSA) is 111 Å². The number of para-hydroxylation sites is 1. The number of nitrogens with one attached hydrogen (secondary N) is 2. The number of ether oxygens (including phenoxy) is 1. The van der Waals surface area contributed by atoms with E-state index in [1.54, 1.807) is 6.07 Å². The Hall–Kier alpha value is -1.48. The molecule has 1 aliphatic heterocycles. The number of rotatable bonds is 3. The van der Waals surface area contributed by atoms with Gasteiger partial charge >= 0.3 is 0 Å². The number of primary sulfonamides is 1. The van der Waals surface area contributed by atoms with Gasteiger partial charge in [-0.25, -0.2) is 13.6 Å². The number of nitrogens with two attached hydrogens (primary N) is 1. The fourth-order valence-electron chi connectivity index (χ4n) is 1.77. The van der Waals surface area contributed by atoms with Crippen LogP contribution in [-0.2, 0) is 19.6 Å². The van der Waals surface area contributed by atoms with Crippen LogP contribution in [0.2, 0.25) is 0 Å². The highest BCUT2D eigenvalue weighted by Gasteiger charge is 2.23. The van der Waals surface area contributed by atoms with Crippen molar-refractivity contribution in [3.8, 4) is 0 Å². The number of benzene rings is 1. The van der Waals surface area contributed by atoms with Crippen molar-refractivity contribution in [2.75, 3.05) is 25.1 Å². The Kier molecular flexibility index (Phi) is 4.15. The predicted molar refractivity (Wildman–Crippen MR) is 69.1 cm³/mol. The average molecular weight is 285 g/mol. The number of amides is 1. The maximum atomic E-state index is 12.0. The van der Waals surface area contributed by atoms with Crippen LogP contribution in [0.25, 0.3) is 0 Å². The lowest BCUT2D eigenvalue weighted by Gasteiger charge is -2.23. The van der Waals surface area contributed by atoms with Crippen LogP contribution in [0.4, 0.5) is 5.69 Å². The molecule has 0 saturated carbocycles. The molecule has 1 aromatic rings. The number of anilines is 1. The number of hydrogen-bond acceptors (Lipinski definition) is 5. The minimum Gasteiger partial charge on any atom is -0.378 e. The molecule has 0 aromatic heterocycles.